The molecule has 6 heteroatoms. The number of benzene rings is 1. The van der Waals surface area contributed by atoms with Crippen molar-refractivity contribution >= 4 is 5.97 Å². The van der Waals surface area contributed by atoms with Gasteiger partial charge < -0.3 is 18.9 Å². The molecule has 0 N–H and O–H groups in total. The van der Waals surface area contributed by atoms with E-state index in [0.717, 1.165) is 45.3 Å². The smallest absolute Gasteiger partial charge is 0.314 e. The first-order valence-electron chi connectivity index (χ1n) is 13.5. The van der Waals surface area contributed by atoms with Crippen LogP contribution in [0, 0.1) is 23.6 Å². The topological polar surface area (TPSA) is 54.0 Å². The van der Waals surface area contributed by atoms with E-state index >= 15 is 0 Å². The third-order valence-electron chi connectivity index (χ3n) is 7.08. The van der Waals surface area contributed by atoms with Gasteiger partial charge in [0.1, 0.15) is 5.75 Å². The molecule has 34 heavy (non-hydrogen) atoms. The summed E-state index contributed by atoms with van der Waals surface area (Å²) >= 11 is 0. The third kappa shape index (κ3) is 8.53. The fourth-order valence-corrected chi connectivity index (χ4v) is 4.87. The van der Waals surface area contributed by atoms with Crippen molar-refractivity contribution < 1.29 is 28.1 Å². The summed E-state index contributed by atoms with van der Waals surface area (Å²) in [7, 11) is 0. The van der Waals surface area contributed by atoms with E-state index in [0.29, 0.717) is 37.0 Å². The number of hydrogen-bond donors (Lipinski definition) is 0. The average Bonchev–Trinajstić information content (AvgIpc) is 2.86. The maximum absolute atomic E-state index is 14.5. The predicted octanol–water partition coefficient (Wildman–Crippen LogP) is 7.07. The first-order valence-corrected chi connectivity index (χ1v) is 13.5. The Balaban J connectivity index is 1.37. The van der Waals surface area contributed by atoms with Gasteiger partial charge in [-0.05, 0) is 50.7 Å². The summed E-state index contributed by atoms with van der Waals surface area (Å²) < 4.78 is 37.5. The lowest BCUT2D eigenvalue weighted by atomic mass is 9.81. The molecule has 1 heterocycles. The molecule has 0 unspecified atom stereocenters. The number of carbonyl (C=O) groups excluding carboxylic acids is 1. The van der Waals surface area contributed by atoms with Crippen LogP contribution in [0.3, 0.4) is 0 Å². The van der Waals surface area contributed by atoms with Crippen LogP contribution in [0.25, 0.3) is 0 Å². The lowest BCUT2D eigenvalue weighted by molar-refractivity contribution is -0.230. The van der Waals surface area contributed by atoms with Crippen molar-refractivity contribution in [1.29, 1.82) is 0 Å². The SMILES string of the molecule is CCCCCCOc1ccc(OC(=O)C2CCC(C3OCC(CCCCC)CO3)CC2)c(F)c1. The number of hydrogen-bond acceptors (Lipinski definition) is 5. The summed E-state index contributed by atoms with van der Waals surface area (Å²) in [5.41, 5.74) is 0. The van der Waals surface area contributed by atoms with Crippen molar-refractivity contribution in [3.05, 3.63) is 24.0 Å². The van der Waals surface area contributed by atoms with E-state index in [9.17, 15) is 9.18 Å². The number of rotatable bonds is 13. The highest BCUT2D eigenvalue weighted by Gasteiger charge is 2.35. The van der Waals surface area contributed by atoms with E-state index in [2.05, 4.69) is 13.8 Å². The third-order valence-corrected chi connectivity index (χ3v) is 7.08. The van der Waals surface area contributed by atoms with Crippen molar-refractivity contribution in [2.24, 2.45) is 17.8 Å². The van der Waals surface area contributed by atoms with Crippen LogP contribution < -0.4 is 9.47 Å². The quantitative estimate of drug-likeness (QED) is 0.172. The van der Waals surface area contributed by atoms with Gasteiger partial charge >= 0.3 is 5.97 Å². The van der Waals surface area contributed by atoms with E-state index < -0.39 is 5.82 Å². The van der Waals surface area contributed by atoms with Gasteiger partial charge in [0.2, 0.25) is 0 Å². The molecule has 1 aliphatic heterocycles. The molecule has 0 aromatic heterocycles. The minimum absolute atomic E-state index is 0.0291. The van der Waals surface area contributed by atoms with Gasteiger partial charge in [0, 0.05) is 17.9 Å². The summed E-state index contributed by atoms with van der Waals surface area (Å²) in [6, 6.07) is 4.45. The van der Waals surface area contributed by atoms with Crippen molar-refractivity contribution in [1.82, 2.24) is 0 Å². The molecular formula is C28H43FO5. The largest absolute Gasteiger partial charge is 0.493 e. The molecule has 5 nitrogen and oxygen atoms in total. The van der Waals surface area contributed by atoms with E-state index in [1.54, 1.807) is 6.07 Å². The Morgan fingerprint density at radius 2 is 1.68 bits per heavy atom. The second-order valence-corrected chi connectivity index (χ2v) is 9.93. The number of ether oxygens (including phenoxy) is 4. The summed E-state index contributed by atoms with van der Waals surface area (Å²) in [4.78, 5) is 12.6. The highest BCUT2D eigenvalue weighted by atomic mass is 19.1. The van der Waals surface area contributed by atoms with Gasteiger partial charge in [-0.3, -0.25) is 4.79 Å². The Morgan fingerprint density at radius 3 is 2.35 bits per heavy atom. The van der Waals surface area contributed by atoms with Crippen LogP contribution in [-0.2, 0) is 14.3 Å². The van der Waals surface area contributed by atoms with Gasteiger partial charge in [0.05, 0.1) is 25.7 Å². The van der Waals surface area contributed by atoms with Gasteiger partial charge in [-0.2, -0.15) is 0 Å². The van der Waals surface area contributed by atoms with Crippen LogP contribution in [0.2, 0.25) is 0 Å². The van der Waals surface area contributed by atoms with Gasteiger partial charge in [-0.15, -0.1) is 0 Å². The maximum atomic E-state index is 14.5. The normalized spacial score (nSPS) is 25.1. The highest BCUT2D eigenvalue weighted by Crippen LogP contribution is 2.35. The molecule has 1 aliphatic carbocycles. The molecule has 0 atom stereocenters. The molecule has 0 radical (unpaired) electrons. The Morgan fingerprint density at radius 1 is 0.971 bits per heavy atom. The maximum Gasteiger partial charge on any atom is 0.314 e. The molecule has 1 aromatic carbocycles. The predicted molar refractivity (Wildman–Crippen MR) is 130 cm³/mol. The number of carbonyl (C=O) groups is 1. The van der Waals surface area contributed by atoms with Gasteiger partial charge in [-0.1, -0.05) is 52.4 Å². The first-order chi connectivity index (χ1) is 16.6. The standard InChI is InChI=1S/C28H43FO5/c1-3-5-7-9-17-31-24-15-16-26(25(29)18-24)34-27(30)22-11-13-23(14-12-22)28-32-19-21(20-33-28)10-8-6-4-2/h15-16,18,21-23,28H,3-14,17,19-20H2,1-2H3. The second kappa shape index (κ2) is 14.7. The molecule has 1 aromatic rings. The number of esters is 1. The van der Waals surface area contributed by atoms with Gasteiger partial charge in [0.25, 0.3) is 0 Å². The van der Waals surface area contributed by atoms with Crippen molar-refractivity contribution in [3.8, 4) is 11.5 Å². The fourth-order valence-electron chi connectivity index (χ4n) is 4.87. The second-order valence-electron chi connectivity index (χ2n) is 9.93. The molecule has 2 fully saturated rings. The van der Waals surface area contributed by atoms with E-state index in [1.165, 1.54) is 44.2 Å². The van der Waals surface area contributed by atoms with E-state index in [-0.39, 0.29) is 23.9 Å². The Kier molecular flexibility index (Phi) is 11.6. The monoisotopic (exact) mass is 478 g/mol. The molecule has 192 valence electrons. The fraction of sp³-hybridized carbons (Fsp3) is 0.750. The summed E-state index contributed by atoms with van der Waals surface area (Å²) in [5, 5.41) is 0. The Hall–Kier alpha value is -1.66. The molecule has 0 bridgehead atoms. The zero-order valence-corrected chi connectivity index (χ0v) is 21.1. The number of halogens is 1. The van der Waals surface area contributed by atoms with Crippen LogP contribution in [0.5, 0.6) is 11.5 Å². The zero-order valence-electron chi connectivity index (χ0n) is 21.1. The van der Waals surface area contributed by atoms with Crippen LogP contribution in [-0.4, -0.2) is 32.1 Å². The summed E-state index contributed by atoms with van der Waals surface area (Å²) in [5.74, 6) is 0.120. The molecule has 0 amide bonds. The Bertz CT molecular complexity index is 724. The van der Waals surface area contributed by atoms with Crippen LogP contribution in [0.4, 0.5) is 4.39 Å². The van der Waals surface area contributed by atoms with Crippen LogP contribution >= 0.6 is 0 Å². The molecule has 0 spiro atoms. The summed E-state index contributed by atoms with van der Waals surface area (Å²) in [6.45, 7) is 6.48. The number of unbranched alkanes of at least 4 members (excludes halogenated alkanes) is 5. The van der Waals surface area contributed by atoms with E-state index in [1.807, 2.05) is 0 Å². The van der Waals surface area contributed by atoms with Crippen LogP contribution in [0.15, 0.2) is 18.2 Å². The lowest BCUT2D eigenvalue weighted by Gasteiger charge is -2.37. The van der Waals surface area contributed by atoms with Crippen molar-refractivity contribution in [2.75, 3.05) is 19.8 Å². The minimum Gasteiger partial charge on any atom is -0.493 e. The van der Waals surface area contributed by atoms with Crippen molar-refractivity contribution in [2.45, 2.75) is 97.2 Å². The minimum atomic E-state index is -0.564. The molecule has 3 rings (SSSR count). The van der Waals surface area contributed by atoms with Crippen molar-refractivity contribution in [3.63, 3.8) is 0 Å². The van der Waals surface area contributed by atoms with Crippen LogP contribution in [0.1, 0.15) is 90.9 Å². The lowest BCUT2D eigenvalue weighted by Crippen LogP contribution is -2.39. The van der Waals surface area contributed by atoms with Gasteiger partial charge in [0.15, 0.2) is 17.9 Å². The molecule has 2 aliphatic rings. The van der Waals surface area contributed by atoms with E-state index in [4.69, 9.17) is 18.9 Å². The van der Waals surface area contributed by atoms with Gasteiger partial charge in [-0.25, -0.2) is 4.39 Å². The first kappa shape index (κ1) is 26.9. The molecular weight excluding hydrogens is 435 g/mol. The highest BCUT2D eigenvalue weighted by molar-refractivity contribution is 5.75. The zero-order chi connectivity index (χ0) is 24.2. The Labute approximate surface area is 204 Å². The molecule has 1 saturated heterocycles. The summed E-state index contributed by atoms with van der Waals surface area (Å²) in [6.07, 6.45) is 12.3. The molecule has 1 saturated carbocycles. The average molecular weight is 479 g/mol.